The molecule has 0 aromatic heterocycles. The maximum atomic E-state index is 5.62. The van der Waals surface area contributed by atoms with Crippen LogP contribution >= 0.6 is 0 Å². The highest BCUT2D eigenvalue weighted by molar-refractivity contribution is 5.71. The van der Waals surface area contributed by atoms with Gasteiger partial charge in [0.05, 0.1) is 12.8 Å². The summed E-state index contributed by atoms with van der Waals surface area (Å²) < 4.78 is 5.62. The zero-order valence-electron chi connectivity index (χ0n) is 11.1. The van der Waals surface area contributed by atoms with E-state index in [1.54, 1.807) is 11.3 Å². The molecule has 2 rings (SSSR count). The summed E-state index contributed by atoms with van der Waals surface area (Å²) in [4.78, 5) is 0. The van der Waals surface area contributed by atoms with E-state index in [2.05, 4.69) is 17.5 Å². The molecule has 1 aliphatic rings. The van der Waals surface area contributed by atoms with Crippen molar-refractivity contribution in [2.24, 2.45) is 5.10 Å². The minimum atomic E-state index is 0.782. The summed E-state index contributed by atoms with van der Waals surface area (Å²) in [5, 5.41) is 5.76. The highest BCUT2D eigenvalue weighted by atomic mass is 16.5. The van der Waals surface area contributed by atoms with Gasteiger partial charge < -0.3 is 4.74 Å². The molecule has 100 valence electrons. The van der Waals surface area contributed by atoms with Crippen LogP contribution in [0.4, 0.5) is 0 Å². The van der Waals surface area contributed by atoms with Gasteiger partial charge in [-0.15, -0.1) is 0 Å². The third-order valence-corrected chi connectivity index (χ3v) is 2.64. The first-order chi connectivity index (χ1) is 9.38. The number of hydrogen-bond acceptors (Lipinski definition) is 4. The molecule has 0 radical (unpaired) electrons. The second kappa shape index (κ2) is 7.26. The van der Waals surface area contributed by atoms with E-state index < -0.39 is 0 Å². The second-order valence-electron chi connectivity index (χ2n) is 4.18. The van der Waals surface area contributed by atoms with Gasteiger partial charge in [-0.3, -0.25) is 5.43 Å². The Morgan fingerprint density at radius 1 is 1.32 bits per heavy atom. The molecular weight excluding hydrogens is 238 g/mol. The molecule has 0 unspecified atom stereocenters. The van der Waals surface area contributed by atoms with E-state index in [1.165, 1.54) is 0 Å². The van der Waals surface area contributed by atoms with Crippen LogP contribution in [0.15, 0.2) is 47.8 Å². The fraction of sp³-hybridized carbons (Fsp3) is 0.267. The Balaban J connectivity index is 1.85. The highest BCUT2D eigenvalue weighted by Gasteiger charge is 1.95. The van der Waals surface area contributed by atoms with Gasteiger partial charge in [-0.1, -0.05) is 25.5 Å². The van der Waals surface area contributed by atoms with Crippen LogP contribution in [0.5, 0.6) is 5.75 Å². The van der Waals surface area contributed by atoms with Gasteiger partial charge in [-0.25, -0.2) is 0 Å². The summed E-state index contributed by atoms with van der Waals surface area (Å²) in [6.45, 7) is 2.94. The number of nitrogens with zero attached hydrogens (tertiary/aromatic N) is 2. The molecule has 1 aromatic rings. The lowest BCUT2D eigenvalue weighted by molar-refractivity contribution is 0.309. The summed E-state index contributed by atoms with van der Waals surface area (Å²) in [7, 11) is 0. The number of nitrogens with one attached hydrogen (secondary N) is 1. The number of hydrazone groups is 1. The van der Waals surface area contributed by atoms with Crippen LogP contribution < -0.4 is 10.2 Å². The molecule has 1 heterocycles. The van der Waals surface area contributed by atoms with Crippen molar-refractivity contribution in [3.8, 4) is 5.75 Å². The summed E-state index contributed by atoms with van der Waals surface area (Å²) in [5.41, 5.74) is 4.08. The molecule has 0 aliphatic carbocycles. The zero-order chi connectivity index (χ0) is 13.3. The highest BCUT2D eigenvalue weighted by Crippen LogP contribution is 2.14. The molecule has 0 amide bonds. The standard InChI is InChI=1S/C15H19N3O/c1-2-3-13-19-15-7-5-14(6-8-15)9-12-18-16-10-4-11-17-18/h4-12,16H,2-3,13H2,1H3. The fourth-order valence-electron chi connectivity index (χ4n) is 1.55. The van der Waals surface area contributed by atoms with Crippen molar-refractivity contribution in [2.75, 3.05) is 6.61 Å². The van der Waals surface area contributed by atoms with Crippen molar-refractivity contribution in [1.82, 2.24) is 10.5 Å². The summed E-state index contributed by atoms with van der Waals surface area (Å²) >= 11 is 0. The Hall–Kier alpha value is -2.23. The van der Waals surface area contributed by atoms with E-state index in [0.29, 0.717) is 0 Å². The van der Waals surface area contributed by atoms with Crippen LogP contribution in [0.3, 0.4) is 0 Å². The van der Waals surface area contributed by atoms with E-state index in [9.17, 15) is 0 Å². The molecular formula is C15H19N3O. The van der Waals surface area contributed by atoms with Gasteiger partial charge in [0.25, 0.3) is 0 Å². The van der Waals surface area contributed by atoms with Crippen LogP contribution in [0, 0.1) is 0 Å². The minimum absolute atomic E-state index is 0.782. The maximum Gasteiger partial charge on any atom is 0.119 e. The Kier molecular flexibility index (Phi) is 5.05. The van der Waals surface area contributed by atoms with Crippen molar-refractivity contribution in [3.63, 3.8) is 0 Å². The second-order valence-corrected chi connectivity index (χ2v) is 4.18. The SMILES string of the molecule is CCCCOc1ccc(C=CN2N=CC=CN2)cc1. The quantitative estimate of drug-likeness (QED) is 0.795. The van der Waals surface area contributed by atoms with E-state index in [-0.39, 0.29) is 0 Å². The van der Waals surface area contributed by atoms with Crippen LogP contribution in [-0.4, -0.2) is 17.9 Å². The summed E-state index contributed by atoms with van der Waals surface area (Å²) in [6.07, 6.45) is 11.5. The lowest BCUT2D eigenvalue weighted by atomic mass is 10.2. The molecule has 0 saturated carbocycles. The average molecular weight is 257 g/mol. The van der Waals surface area contributed by atoms with E-state index in [1.807, 2.05) is 48.8 Å². The van der Waals surface area contributed by atoms with E-state index in [4.69, 9.17) is 4.74 Å². The molecule has 1 aliphatic heterocycles. The van der Waals surface area contributed by atoms with Gasteiger partial charge in [0, 0.05) is 12.4 Å². The molecule has 19 heavy (non-hydrogen) atoms. The number of rotatable bonds is 6. The number of hydrazine groups is 1. The van der Waals surface area contributed by atoms with Gasteiger partial charge in [0.2, 0.25) is 0 Å². The van der Waals surface area contributed by atoms with Gasteiger partial charge in [-0.05, 0) is 36.3 Å². The maximum absolute atomic E-state index is 5.62. The topological polar surface area (TPSA) is 36.9 Å². The Labute approximate surface area is 114 Å². The first kappa shape index (κ1) is 13.2. The molecule has 0 atom stereocenters. The fourth-order valence-corrected chi connectivity index (χ4v) is 1.55. The van der Waals surface area contributed by atoms with Gasteiger partial charge in [0.1, 0.15) is 5.75 Å². The lowest BCUT2D eigenvalue weighted by Crippen LogP contribution is -2.25. The molecule has 0 spiro atoms. The number of unbranched alkanes of at least 4 members (excludes halogenated alkanes) is 1. The third-order valence-electron chi connectivity index (χ3n) is 2.64. The third kappa shape index (κ3) is 4.50. The lowest BCUT2D eigenvalue weighted by Gasteiger charge is -2.15. The molecule has 0 fully saturated rings. The first-order valence-corrected chi connectivity index (χ1v) is 6.54. The monoisotopic (exact) mass is 257 g/mol. The summed E-state index contributed by atoms with van der Waals surface area (Å²) in [6, 6.07) is 8.03. The predicted molar refractivity (Wildman–Crippen MR) is 78.5 cm³/mol. The normalized spacial score (nSPS) is 13.8. The molecule has 4 heteroatoms. The van der Waals surface area contributed by atoms with Crippen molar-refractivity contribution in [1.29, 1.82) is 0 Å². The van der Waals surface area contributed by atoms with Gasteiger partial charge in [-0.2, -0.15) is 10.2 Å². The molecule has 0 bridgehead atoms. The van der Waals surface area contributed by atoms with E-state index >= 15 is 0 Å². The molecule has 1 N–H and O–H groups in total. The smallest absolute Gasteiger partial charge is 0.119 e. The molecule has 0 saturated heterocycles. The minimum Gasteiger partial charge on any atom is -0.494 e. The van der Waals surface area contributed by atoms with Crippen molar-refractivity contribution < 1.29 is 4.74 Å². The Morgan fingerprint density at radius 2 is 2.16 bits per heavy atom. The summed E-state index contributed by atoms with van der Waals surface area (Å²) in [5.74, 6) is 0.919. The van der Waals surface area contributed by atoms with Crippen LogP contribution in [0.2, 0.25) is 0 Å². The Bertz CT molecular complexity index is 463. The van der Waals surface area contributed by atoms with Gasteiger partial charge >= 0.3 is 0 Å². The molecule has 1 aromatic carbocycles. The predicted octanol–water partition coefficient (Wildman–Crippen LogP) is 3.16. The van der Waals surface area contributed by atoms with Crippen molar-refractivity contribution in [2.45, 2.75) is 19.8 Å². The van der Waals surface area contributed by atoms with Crippen LogP contribution in [0.1, 0.15) is 25.3 Å². The zero-order valence-corrected chi connectivity index (χ0v) is 11.1. The van der Waals surface area contributed by atoms with Crippen LogP contribution in [-0.2, 0) is 0 Å². The number of allylic oxidation sites excluding steroid dienone is 1. The molecule has 4 nitrogen and oxygen atoms in total. The van der Waals surface area contributed by atoms with Crippen LogP contribution in [0.25, 0.3) is 6.08 Å². The Morgan fingerprint density at radius 3 is 2.84 bits per heavy atom. The van der Waals surface area contributed by atoms with Gasteiger partial charge in [0.15, 0.2) is 0 Å². The van der Waals surface area contributed by atoms with Crippen molar-refractivity contribution >= 4 is 12.3 Å². The number of hydrogen-bond donors (Lipinski definition) is 1. The first-order valence-electron chi connectivity index (χ1n) is 6.54. The number of ether oxygens (including phenoxy) is 1. The average Bonchev–Trinajstić information content (AvgIpc) is 2.48. The number of benzene rings is 1. The van der Waals surface area contributed by atoms with E-state index in [0.717, 1.165) is 30.8 Å². The largest absolute Gasteiger partial charge is 0.494 e. The van der Waals surface area contributed by atoms with Crippen molar-refractivity contribution in [3.05, 3.63) is 48.3 Å².